The first kappa shape index (κ1) is 24.3. The van der Waals surface area contributed by atoms with Crippen LogP contribution in [0.4, 0.5) is 4.39 Å². The molecule has 1 atom stereocenters. The second kappa shape index (κ2) is 10.7. The first-order chi connectivity index (χ1) is 18.0. The monoisotopic (exact) mass is 500 g/mol. The van der Waals surface area contributed by atoms with Crippen LogP contribution in [0.1, 0.15) is 46.4 Å². The second-order valence-electron chi connectivity index (χ2n) is 8.82. The fourth-order valence-corrected chi connectivity index (χ4v) is 4.46. The Morgan fingerprint density at radius 2 is 2.14 bits per heavy atom. The van der Waals surface area contributed by atoms with Gasteiger partial charge in [-0.05, 0) is 61.2 Å². The number of rotatable bonds is 8. The number of carboxylic acid groups (broad SMARTS) is 1. The van der Waals surface area contributed by atoms with Gasteiger partial charge in [0.05, 0.1) is 28.6 Å². The zero-order valence-corrected chi connectivity index (χ0v) is 20.0. The van der Waals surface area contributed by atoms with Crippen molar-refractivity contribution in [2.45, 2.75) is 38.6 Å². The number of fused-ring (bicyclic) bond motifs is 1. The van der Waals surface area contributed by atoms with Crippen molar-refractivity contribution in [3.05, 3.63) is 83.1 Å². The number of carbonyl (C=O) groups is 1. The lowest BCUT2D eigenvalue weighted by atomic mass is 10.0. The van der Waals surface area contributed by atoms with Crippen LogP contribution < -0.4 is 9.47 Å². The van der Waals surface area contributed by atoms with E-state index in [0.29, 0.717) is 29.2 Å². The minimum Gasteiger partial charge on any atom is -0.484 e. The highest BCUT2D eigenvalue weighted by Crippen LogP contribution is 2.26. The SMILES string of the molecule is C#Cc1ccc(OCc2cccc(OC3CCCCN3Cc3cc(C(=O)O)cc4[nH]cnc34)n2)c(F)c1. The van der Waals surface area contributed by atoms with Crippen LogP contribution >= 0.6 is 0 Å². The van der Waals surface area contributed by atoms with E-state index in [-0.39, 0.29) is 24.1 Å². The summed E-state index contributed by atoms with van der Waals surface area (Å²) >= 11 is 0. The van der Waals surface area contributed by atoms with Gasteiger partial charge < -0.3 is 19.6 Å². The number of nitrogens with one attached hydrogen (secondary N) is 1. The molecule has 1 aliphatic heterocycles. The molecule has 188 valence electrons. The molecule has 37 heavy (non-hydrogen) atoms. The number of carboxylic acids is 1. The molecule has 1 unspecified atom stereocenters. The largest absolute Gasteiger partial charge is 0.484 e. The number of imidazole rings is 1. The Kier molecular flexibility index (Phi) is 7.01. The minimum absolute atomic E-state index is 0.0665. The van der Waals surface area contributed by atoms with Crippen LogP contribution in [0, 0.1) is 18.2 Å². The molecule has 0 bridgehead atoms. The molecule has 9 heteroatoms. The molecule has 1 saturated heterocycles. The Labute approximate surface area is 213 Å². The number of terminal acetylenes is 1. The van der Waals surface area contributed by atoms with E-state index < -0.39 is 11.8 Å². The Bertz CT molecular complexity index is 1480. The molecule has 1 fully saturated rings. The number of hydrogen-bond donors (Lipinski definition) is 2. The number of ether oxygens (including phenoxy) is 2. The van der Waals surface area contributed by atoms with Gasteiger partial charge in [-0.15, -0.1) is 6.42 Å². The fourth-order valence-electron chi connectivity index (χ4n) is 4.46. The molecule has 0 radical (unpaired) electrons. The van der Waals surface area contributed by atoms with Gasteiger partial charge in [-0.25, -0.2) is 19.2 Å². The van der Waals surface area contributed by atoms with Gasteiger partial charge in [-0.2, -0.15) is 0 Å². The van der Waals surface area contributed by atoms with Crippen LogP contribution in [-0.2, 0) is 13.2 Å². The number of pyridine rings is 1. The third-order valence-corrected chi connectivity index (χ3v) is 6.29. The molecule has 2 aromatic heterocycles. The van der Waals surface area contributed by atoms with E-state index in [1.54, 1.807) is 36.7 Å². The number of hydrogen-bond acceptors (Lipinski definition) is 6. The van der Waals surface area contributed by atoms with Crippen LogP contribution in [0.25, 0.3) is 11.0 Å². The number of aromatic carboxylic acids is 1. The summed E-state index contributed by atoms with van der Waals surface area (Å²) in [7, 11) is 0. The van der Waals surface area contributed by atoms with Gasteiger partial charge in [0.15, 0.2) is 17.8 Å². The fraction of sp³-hybridized carbons (Fsp3) is 0.250. The lowest BCUT2D eigenvalue weighted by Gasteiger charge is -2.35. The normalized spacial score (nSPS) is 15.8. The van der Waals surface area contributed by atoms with Crippen molar-refractivity contribution in [2.75, 3.05) is 6.54 Å². The maximum atomic E-state index is 14.2. The van der Waals surface area contributed by atoms with Crippen LogP contribution in [0.2, 0.25) is 0 Å². The van der Waals surface area contributed by atoms with Crippen molar-refractivity contribution in [1.82, 2.24) is 19.9 Å². The van der Waals surface area contributed by atoms with Crippen molar-refractivity contribution >= 4 is 17.0 Å². The van der Waals surface area contributed by atoms with Crippen molar-refractivity contribution in [1.29, 1.82) is 0 Å². The van der Waals surface area contributed by atoms with E-state index in [0.717, 1.165) is 36.9 Å². The molecule has 2 aromatic carbocycles. The molecule has 0 saturated carbocycles. The Balaban J connectivity index is 1.29. The number of nitrogens with zero attached hydrogens (tertiary/aromatic N) is 3. The maximum absolute atomic E-state index is 14.2. The molecule has 0 aliphatic carbocycles. The number of H-pyrrole nitrogens is 1. The molecular formula is C28H25FN4O4. The highest BCUT2D eigenvalue weighted by molar-refractivity contribution is 5.93. The topological polar surface area (TPSA) is 101 Å². The van der Waals surface area contributed by atoms with E-state index in [9.17, 15) is 14.3 Å². The third kappa shape index (κ3) is 5.55. The first-order valence-electron chi connectivity index (χ1n) is 11.9. The van der Waals surface area contributed by atoms with Crippen LogP contribution in [0.3, 0.4) is 0 Å². The molecule has 0 spiro atoms. The highest BCUT2D eigenvalue weighted by Gasteiger charge is 2.26. The average molecular weight is 501 g/mol. The van der Waals surface area contributed by atoms with Gasteiger partial charge in [0.2, 0.25) is 5.88 Å². The van der Waals surface area contributed by atoms with E-state index in [1.165, 1.54) is 12.1 Å². The number of aromatic nitrogens is 3. The first-order valence-corrected chi connectivity index (χ1v) is 11.9. The van der Waals surface area contributed by atoms with E-state index in [1.807, 2.05) is 6.07 Å². The second-order valence-corrected chi connectivity index (χ2v) is 8.82. The van der Waals surface area contributed by atoms with Crippen molar-refractivity contribution in [3.63, 3.8) is 0 Å². The van der Waals surface area contributed by atoms with Crippen molar-refractivity contribution in [3.8, 4) is 24.0 Å². The molecule has 3 heterocycles. The Morgan fingerprint density at radius 3 is 2.95 bits per heavy atom. The standard InChI is InChI=1S/C28H25FN4O4/c1-2-18-9-10-24(22(29)12-18)36-16-21-6-5-7-25(32-21)37-26-8-3-4-11-33(26)15-20-13-19(28(34)35)14-23-27(20)31-17-30-23/h1,5-7,9-10,12-14,17,26H,3-4,8,11,15-16H2,(H,30,31)(H,34,35). The van der Waals surface area contributed by atoms with E-state index >= 15 is 0 Å². The maximum Gasteiger partial charge on any atom is 0.335 e. The number of benzene rings is 2. The summed E-state index contributed by atoms with van der Waals surface area (Å²) in [5.74, 6) is 1.41. The quantitative estimate of drug-likeness (QED) is 0.337. The minimum atomic E-state index is -0.987. The van der Waals surface area contributed by atoms with Gasteiger partial charge in [-0.1, -0.05) is 12.0 Å². The Morgan fingerprint density at radius 1 is 1.24 bits per heavy atom. The zero-order chi connectivity index (χ0) is 25.8. The summed E-state index contributed by atoms with van der Waals surface area (Å²) < 4.78 is 26.1. The molecule has 4 aromatic rings. The lowest BCUT2D eigenvalue weighted by Crippen LogP contribution is -2.42. The summed E-state index contributed by atoms with van der Waals surface area (Å²) in [6.07, 6.45) is 9.44. The summed E-state index contributed by atoms with van der Waals surface area (Å²) in [4.78, 5) is 25.7. The summed E-state index contributed by atoms with van der Waals surface area (Å²) in [6.45, 7) is 1.35. The summed E-state index contributed by atoms with van der Waals surface area (Å²) in [6, 6.07) is 13.0. The highest BCUT2D eigenvalue weighted by atomic mass is 19.1. The molecule has 0 amide bonds. The number of likely N-dealkylation sites (tertiary alicyclic amines) is 1. The number of piperidine rings is 1. The molecule has 2 N–H and O–H groups in total. The van der Waals surface area contributed by atoms with E-state index in [2.05, 4.69) is 25.8 Å². The predicted octanol–water partition coefficient (Wildman–Crippen LogP) is 4.75. The molecule has 5 rings (SSSR count). The van der Waals surface area contributed by atoms with Gasteiger partial charge in [-0.3, -0.25) is 4.90 Å². The average Bonchev–Trinajstić information content (AvgIpc) is 3.38. The Hall–Kier alpha value is -4.42. The van der Waals surface area contributed by atoms with Crippen molar-refractivity contribution in [2.24, 2.45) is 0 Å². The zero-order valence-electron chi connectivity index (χ0n) is 20.0. The van der Waals surface area contributed by atoms with Gasteiger partial charge in [0, 0.05) is 24.7 Å². The third-order valence-electron chi connectivity index (χ3n) is 6.29. The predicted molar refractivity (Wildman–Crippen MR) is 135 cm³/mol. The van der Waals surface area contributed by atoms with E-state index in [4.69, 9.17) is 15.9 Å². The van der Waals surface area contributed by atoms with Crippen LogP contribution in [0.5, 0.6) is 11.6 Å². The smallest absolute Gasteiger partial charge is 0.335 e. The van der Waals surface area contributed by atoms with Gasteiger partial charge in [0.25, 0.3) is 0 Å². The van der Waals surface area contributed by atoms with Gasteiger partial charge in [0.1, 0.15) is 6.61 Å². The molecular weight excluding hydrogens is 475 g/mol. The summed E-state index contributed by atoms with van der Waals surface area (Å²) in [5.41, 5.74) is 3.49. The molecule has 8 nitrogen and oxygen atoms in total. The van der Waals surface area contributed by atoms with Gasteiger partial charge >= 0.3 is 5.97 Å². The van der Waals surface area contributed by atoms with Crippen LogP contribution in [-0.4, -0.2) is 43.7 Å². The number of aromatic amines is 1. The summed E-state index contributed by atoms with van der Waals surface area (Å²) in [5, 5.41) is 9.52. The van der Waals surface area contributed by atoms with Crippen molar-refractivity contribution < 1.29 is 23.8 Å². The lowest BCUT2D eigenvalue weighted by molar-refractivity contribution is -0.0124. The number of halogens is 1. The molecule has 1 aliphatic rings. The van der Waals surface area contributed by atoms with Crippen LogP contribution in [0.15, 0.2) is 54.9 Å².